The number of hydrogen-bond acceptors (Lipinski definition) is 10. The number of rotatable bonds is 8. The van der Waals surface area contributed by atoms with Crippen LogP contribution in [0.25, 0.3) is 5.65 Å². The lowest BCUT2D eigenvalue weighted by molar-refractivity contribution is 0.0695. The van der Waals surface area contributed by atoms with E-state index in [9.17, 15) is 33.5 Å². The summed E-state index contributed by atoms with van der Waals surface area (Å²) < 4.78 is 15.6. The van der Waals surface area contributed by atoms with Gasteiger partial charge >= 0.3 is 5.97 Å². The summed E-state index contributed by atoms with van der Waals surface area (Å²) in [5.41, 5.74) is 12.3. The van der Waals surface area contributed by atoms with Crippen molar-refractivity contribution in [2.75, 3.05) is 16.8 Å². The Morgan fingerprint density at radius 1 is 1.09 bits per heavy atom. The monoisotopic (exact) mass is 612 g/mol. The molecule has 15 heteroatoms. The van der Waals surface area contributed by atoms with Crippen LogP contribution in [-0.4, -0.2) is 37.5 Å². The molecule has 0 saturated heterocycles. The number of aromatic nitrogens is 3. The van der Waals surface area contributed by atoms with Crippen molar-refractivity contribution < 1.29 is 23.9 Å². The fourth-order valence-electron chi connectivity index (χ4n) is 5.47. The SMILES string of the molecule is Cc1c(C(=O)O)ccc2c1CC[C@@H]2NC(=O)c1cc(C(=O)NCc2ccc(F)c(Nc3c(N)c(=O)c3=O)c2)n2ncc(N)c2n1. The number of hydrogen-bond donors (Lipinski definition) is 6. The number of nitrogens with zero attached hydrogens (tertiary/aromatic N) is 3. The van der Waals surface area contributed by atoms with Crippen LogP contribution in [0.3, 0.4) is 0 Å². The Morgan fingerprint density at radius 2 is 1.87 bits per heavy atom. The highest BCUT2D eigenvalue weighted by Gasteiger charge is 2.29. The van der Waals surface area contributed by atoms with Crippen LogP contribution in [0.2, 0.25) is 0 Å². The number of benzene rings is 2. The Labute approximate surface area is 252 Å². The zero-order valence-electron chi connectivity index (χ0n) is 23.6. The summed E-state index contributed by atoms with van der Waals surface area (Å²) in [6, 6.07) is 7.97. The lowest BCUT2D eigenvalue weighted by atomic mass is 9.98. The lowest BCUT2D eigenvalue weighted by Crippen LogP contribution is -2.36. The second kappa shape index (κ2) is 10.9. The molecule has 2 amide bonds. The second-order valence-corrected chi connectivity index (χ2v) is 10.6. The highest BCUT2D eigenvalue weighted by molar-refractivity contribution is 5.99. The van der Waals surface area contributed by atoms with Crippen molar-refractivity contribution in [1.29, 1.82) is 0 Å². The summed E-state index contributed by atoms with van der Waals surface area (Å²) in [6.07, 6.45) is 2.43. The maximum absolute atomic E-state index is 14.4. The number of nitrogen functional groups attached to an aromatic ring is 2. The van der Waals surface area contributed by atoms with Crippen LogP contribution < -0.4 is 38.3 Å². The Morgan fingerprint density at radius 3 is 2.60 bits per heavy atom. The number of carbonyl (C=O) groups is 3. The molecule has 1 atom stereocenters. The van der Waals surface area contributed by atoms with Gasteiger partial charge in [0, 0.05) is 12.6 Å². The van der Waals surface area contributed by atoms with Gasteiger partial charge in [-0.25, -0.2) is 18.7 Å². The Kier molecular flexibility index (Phi) is 6.99. The molecule has 0 unspecified atom stereocenters. The summed E-state index contributed by atoms with van der Waals surface area (Å²) in [5, 5.41) is 21.7. The molecular formula is C30H25FN8O6. The topological polar surface area (TPSA) is 224 Å². The fourth-order valence-corrected chi connectivity index (χ4v) is 5.47. The third-order valence-corrected chi connectivity index (χ3v) is 7.88. The number of anilines is 4. The van der Waals surface area contributed by atoms with Crippen LogP contribution in [0.1, 0.15) is 66.1 Å². The van der Waals surface area contributed by atoms with Gasteiger partial charge in [0.05, 0.1) is 29.2 Å². The number of amides is 2. The van der Waals surface area contributed by atoms with Gasteiger partial charge in [-0.3, -0.25) is 19.2 Å². The molecule has 14 nitrogen and oxygen atoms in total. The van der Waals surface area contributed by atoms with Gasteiger partial charge in [-0.1, -0.05) is 12.1 Å². The maximum Gasteiger partial charge on any atom is 0.335 e. The average molecular weight is 613 g/mol. The van der Waals surface area contributed by atoms with Crippen molar-refractivity contribution >= 4 is 46.2 Å². The molecule has 0 fully saturated rings. The van der Waals surface area contributed by atoms with Gasteiger partial charge in [0.2, 0.25) is 0 Å². The molecule has 1 aliphatic carbocycles. The molecule has 0 bridgehead atoms. The molecule has 0 saturated carbocycles. The van der Waals surface area contributed by atoms with E-state index < -0.39 is 40.5 Å². The van der Waals surface area contributed by atoms with Crippen molar-refractivity contribution in [3.05, 3.63) is 108 Å². The standard InChI is InChI=1S/C30H25FN8O6/c1-12-14-5-7-19(16(14)4-3-15(12)30(44)45)38-28(42)21-9-22(39-27(37-21)18(32)11-35-39)29(43)34-10-13-2-6-17(31)20(8-13)36-24-23(33)25(40)26(24)41/h2-4,6,8-9,11,19,36H,5,7,10,32-33H2,1H3,(H,34,43)(H,38,42)(H,44,45)/t19-/m0/s1. The van der Waals surface area contributed by atoms with Crippen molar-refractivity contribution in [3.63, 3.8) is 0 Å². The van der Waals surface area contributed by atoms with E-state index in [1.54, 1.807) is 13.0 Å². The zero-order valence-corrected chi connectivity index (χ0v) is 23.6. The molecule has 5 aromatic rings. The minimum absolute atomic E-state index is 0.0485. The van der Waals surface area contributed by atoms with Gasteiger partial charge in [0.25, 0.3) is 22.7 Å². The summed E-state index contributed by atoms with van der Waals surface area (Å²) in [4.78, 5) is 65.7. The number of carboxylic acid groups (broad SMARTS) is 1. The predicted octanol–water partition coefficient (Wildman–Crippen LogP) is 1.73. The number of halogens is 1. The highest BCUT2D eigenvalue weighted by atomic mass is 19.1. The zero-order chi connectivity index (χ0) is 32.2. The van der Waals surface area contributed by atoms with Gasteiger partial charge in [-0.05, 0) is 60.2 Å². The molecule has 0 spiro atoms. The molecule has 0 radical (unpaired) electrons. The van der Waals surface area contributed by atoms with E-state index in [1.165, 1.54) is 35.0 Å². The van der Waals surface area contributed by atoms with Gasteiger partial charge in [-0.15, -0.1) is 0 Å². The van der Waals surface area contributed by atoms with Gasteiger partial charge in [0.15, 0.2) is 5.65 Å². The van der Waals surface area contributed by atoms with Crippen LogP contribution in [0.4, 0.5) is 27.1 Å². The summed E-state index contributed by atoms with van der Waals surface area (Å²) in [6.45, 7) is 1.65. The summed E-state index contributed by atoms with van der Waals surface area (Å²) in [5.74, 6) is -2.95. The normalized spacial score (nSPS) is 14.0. The van der Waals surface area contributed by atoms with Gasteiger partial charge < -0.3 is 32.5 Å². The first-order valence-corrected chi connectivity index (χ1v) is 13.7. The van der Waals surface area contributed by atoms with E-state index >= 15 is 0 Å². The van der Waals surface area contributed by atoms with Crippen molar-refractivity contribution in [2.24, 2.45) is 0 Å². The first kappa shape index (κ1) is 29.0. The summed E-state index contributed by atoms with van der Waals surface area (Å²) >= 11 is 0. The molecule has 8 N–H and O–H groups in total. The quantitative estimate of drug-likeness (QED) is 0.138. The van der Waals surface area contributed by atoms with Crippen molar-refractivity contribution in [1.82, 2.24) is 25.2 Å². The van der Waals surface area contributed by atoms with Crippen LogP contribution in [0.15, 0.2) is 52.2 Å². The molecule has 1 aliphatic rings. The Hall–Kier alpha value is -6.12. The smallest absolute Gasteiger partial charge is 0.335 e. The largest absolute Gasteiger partial charge is 0.478 e. The first-order chi connectivity index (χ1) is 21.4. The minimum Gasteiger partial charge on any atom is -0.478 e. The van der Waals surface area contributed by atoms with Gasteiger partial charge in [0.1, 0.15) is 28.6 Å². The van der Waals surface area contributed by atoms with E-state index in [0.717, 1.165) is 17.2 Å². The number of nitrogens with one attached hydrogen (secondary N) is 3. The average Bonchev–Trinajstić information content (AvgIpc) is 3.62. The lowest BCUT2D eigenvalue weighted by Gasteiger charge is -2.16. The fraction of sp³-hybridized carbons (Fsp3) is 0.167. The van der Waals surface area contributed by atoms with E-state index in [1.807, 2.05) is 0 Å². The highest BCUT2D eigenvalue weighted by Crippen LogP contribution is 2.35. The number of fused-ring (bicyclic) bond motifs is 2. The Bertz CT molecular complexity index is 2150. The van der Waals surface area contributed by atoms with Gasteiger partial charge in [-0.2, -0.15) is 5.10 Å². The molecule has 45 heavy (non-hydrogen) atoms. The van der Waals surface area contributed by atoms with Crippen molar-refractivity contribution in [3.8, 4) is 0 Å². The van der Waals surface area contributed by atoms with Crippen LogP contribution in [0.5, 0.6) is 0 Å². The third-order valence-electron chi connectivity index (χ3n) is 7.88. The number of nitrogens with two attached hydrogens (primary N) is 2. The second-order valence-electron chi connectivity index (χ2n) is 10.6. The molecule has 2 aromatic heterocycles. The summed E-state index contributed by atoms with van der Waals surface area (Å²) in [7, 11) is 0. The number of carbonyl (C=O) groups excluding carboxylic acids is 2. The molecular weight excluding hydrogens is 587 g/mol. The number of carboxylic acids is 1. The van der Waals surface area contributed by atoms with E-state index in [-0.39, 0.29) is 51.9 Å². The molecule has 0 aliphatic heterocycles. The maximum atomic E-state index is 14.4. The third kappa shape index (κ3) is 4.99. The number of aromatic carboxylic acids is 1. The molecule has 228 valence electrons. The van der Waals surface area contributed by atoms with Crippen LogP contribution in [0, 0.1) is 12.7 Å². The van der Waals surface area contributed by atoms with Crippen LogP contribution >= 0.6 is 0 Å². The Balaban J connectivity index is 1.22. The van der Waals surface area contributed by atoms with Crippen LogP contribution in [-0.2, 0) is 13.0 Å². The minimum atomic E-state index is -1.02. The van der Waals surface area contributed by atoms with Crippen molar-refractivity contribution in [2.45, 2.75) is 32.4 Å². The van der Waals surface area contributed by atoms with E-state index in [4.69, 9.17) is 11.5 Å². The molecule has 6 rings (SSSR count). The molecule has 2 heterocycles. The predicted molar refractivity (Wildman–Crippen MR) is 161 cm³/mol. The molecule has 3 aromatic carbocycles. The van der Waals surface area contributed by atoms with E-state index in [2.05, 4.69) is 26.0 Å². The van der Waals surface area contributed by atoms with E-state index in [0.29, 0.717) is 24.0 Å². The first-order valence-electron chi connectivity index (χ1n) is 13.7.